The van der Waals surface area contributed by atoms with Crippen LogP contribution >= 0.6 is 0 Å². The molecule has 0 radical (unpaired) electrons. The largest absolute Gasteiger partial charge is 0.420 e. The summed E-state index contributed by atoms with van der Waals surface area (Å²) in [7, 11) is -4.22. The van der Waals surface area contributed by atoms with Gasteiger partial charge in [0.25, 0.3) is 0 Å². The van der Waals surface area contributed by atoms with Gasteiger partial charge in [0.15, 0.2) is 0 Å². The first-order valence-corrected chi connectivity index (χ1v) is 8.67. The fourth-order valence-corrected chi connectivity index (χ4v) is 3.21. The molecule has 2 N–H and O–H groups in total. The molecule has 10 heteroatoms. The Hall–Kier alpha value is -2.72. The lowest BCUT2D eigenvalue weighted by Gasteiger charge is -2.14. The molecule has 0 amide bonds. The molecular weight excluding hydrogens is 374 g/mol. The minimum absolute atomic E-state index is 0.0143. The molecule has 0 spiro atoms. The first-order valence-electron chi connectivity index (χ1n) is 7.12. The Morgan fingerprint density at radius 3 is 2.19 bits per heavy atom. The van der Waals surface area contributed by atoms with Crippen LogP contribution in [0.5, 0.6) is 0 Å². The lowest BCUT2D eigenvalue weighted by molar-refractivity contribution is -0.137. The van der Waals surface area contributed by atoms with Gasteiger partial charge in [-0.2, -0.15) is 18.3 Å². The molecule has 0 aliphatic carbocycles. The maximum atomic E-state index is 13.4. The fraction of sp³-hybridized carbons (Fsp3) is 0.0625. The molecule has 1 heterocycles. The Morgan fingerprint density at radius 2 is 1.62 bits per heavy atom. The monoisotopic (exact) mass is 385 g/mol. The van der Waals surface area contributed by atoms with Crippen molar-refractivity contribution in [3.63, 3.8) is 0 Å². The molecule has 1 aromatic heterocycles. The molecule has 0 bridgehead atoms. The Bertz CT molecular complexity index is 1060. The minimum Gasteiger partial charge on any atom is -0.231 e. The van der Waals surface area contributed by atoms with Crippen LogP contribution in [0.2, 0.25) is 0 Å². The first kappa shape index (κ1) is 18.1. The summed E-state index contributed by atoms with van der Waals surface area (Å²) in [5.74, 6) is -0.627. The summed E-state index contributed by atoms with van der Waals surface area (Å²) >= 11 is 0. The molecule has 5 nitrogen and oxygen atoms in total. The second-order valence-electron chi connectivity index (χ2n) is 5.34. The number of nitrogens with zero attached hydrogens (tertiary/aromatic N) is 2. The van der Waals surface area contributed by atoms with Gasteiger partial charge in [-0.25, -0.2) is 22.6 Å². The molecule has 0 aliphatic rings. The zero-order valence-corrected chi connectivity index (χ0v) is 13.7. The lowest BCUT2D eigenvalue weighted by atomic mass is 10.1. The summed E-state index contributed by atoms with van der Waals surface area (Å²) in [5.41, 5.74) is -1.65. The predicted octanol–water partition coefficient (Wildman–Crippen LogP) is 3.34. The van der Waals surface area contributed by atoms with Gasteiger partial charge >= 0.3 is 6.18 Å². The minimum atomic E-state index is -4.75. The second kappa shape index (κ2) is 6.22. The molecule has 2 aromatic carbocycles. The highest BCUT2D eigenvalue weighted by molar-refractivity contribution is 7.89. The second-order valence-corrected chi connectivity index (χ2v) is 6.87. The molecule has 136 valence electrons. The lowest BCUT2D eigenvalue weighted by Crippen LogP contribution is -2.16. The molecule has 0 atom stereocenters. The van der Waals surface area contributed by atoms with Crippen molar-refractivity contribution in [3.05, 3.63) is 66.1 Å². The quantitative estimate of drug-likeness (QED) is 0.703. The van der Waals surface area contributed by atoms with Gasteiger partial charge in [0.05, 0.1) is 17.6 Å². The van der Waals surface area contributed by atoms with Crippen LogP contribution < -0.4 is 5.14 Å². The molecule has 0 fully saturated rings. The van der Waals surface area contributed by atoms with E-state index in [4.69, 9.17) is 5.14 Å². The van der Waals surface area contributed by atoms with E-state index in [0.717, 1.165) is 35.0 Å². The average molecular weight is 385 g/mol. The van der Waals surface area contributed by atoms with E-state index < -0.39 is 33.3 Å². The highest BCUT2D eigenvalue weighted by Gasteiger charge is 2.37. The van der Waals surface area contributed by atoms with Gasteiger partial charge in [-0.05, 0) is 36.4 Å². The van der Waals surface area contributed by atoms with Crippen molar-refractivity contribution < 1.29 is 26.0 Å². The number of hydrogen-bond donors (Lipinski definition) is 1. The molecule has 0 saturated heterocycles. The van der Waals surface area contributed by atoms with Gasteiger partial charge in [-0.1, -0.05) is 12.1 Å². The smallest absolute Gasteiger partial charge is 0.231 e. The number of halogens is 4. The van der Waals surface area contributed by atoms with E-state index in [-0.39, 0.29) is 16.1 Å². The third-order valence-electron chi connectivity index (χ3n) is 3.59. The molecule has 3 rings (SSSR count). The van der Waals surface area contributed by atoms with Crippen LogP contribution in [0.25, 0.3) is 16.9 Å². The molecule has 0 unspecified atom stereocenters. The van der Waals surface area contributed by atoms with Crippen molar-refractivity contribution in [1.29, 1.82) is 0 Å². The third kappa shape index (κ3) is 3.33. The van der Waals surface area contributed by atoms with Crippen molar-refractivity contribution in [1.82, 2.24) is 9.78 Å². The third-order valence-corrected chi connectivity index (χ3v) is 4.55. The molecule has 3 aromatic rings. The van der Waals surface area contributed by atoms with Gasteiger partial charge in [-0.3, -0.25) is 0 Å². The summed E-state index contributed by atoms with van der Waals surface area (Å²) in [4.78, 5) is -0.389. The molecule has 0 saturated carbocycles. The number of nitrogens with two attached hydrogens (primary N) is 1. The summed E-state index contributed by atoms with van der Waals surface area (Å²) in [5, 5.41) is 8.86. The number of para-hydroxylation sites is 1. The zero-order chi connectivity index (χ0) is 19.1. The Kier molecular flexibility index (Phi) is 4.32. The Labute approximate surface area is 145 Å². The molecular formula is C16H11F4N3O2S. The van der Waals surface area contributed by atoms with Gasteiger partial charge < -0.3 is 0 Å². The summed E-state index contributed by atoms with van der Waals surface area (Å²) in [6.07, 6.45) is -4.17. The number of sulfonamides is 1. The average Bonchev–Trinajstić information content (AvgIpc) is 3.00. The van der Waals surface area contributed by atoms with Gasteiger partial charge in [0, 0.05) is 5.56 Å². The van der Waals surface area contributed by atoms with Crippen LogP contribution in [0.1, 0.15) is 5.56 Å². The van der Waals surface area contributed by atoms with E-state index in [1.165, 1.54) is 18.2 Å². The van der Waals surface area contributed by atoms with E-state index in [9.17, 15) is 26.0 Å². The SMILES string of the molecule is NS(=O)(=O)c1ccccc1-n1ncc(C(F)(F)F)c1-c1ccc(F)cc1. The molecule has 0 aliphatic heterocycles. The highest BCUT2D eigenvalue weighted by atomic mass is 32.2. The van der Waals surface area contributed by atoms with Crippen LogP contribution in [0, 0.1) is 5.82 Å². The van der Waals surface area contributed by atoms with Crippen molar-refractivity contribution in [3.8, 4) is 16.9 Å². The first-order chi connectivity index (χ1) is 12.1. The van der Waals surface area contributed by atoms with Crippen molar-refractivity contribution in [2.45, 2.75) is 11.1 Å². The summed E-state index contributed by atoms with van der Waals surface area (Å²) in [6, 6.07) is 9.56. The Morgan fingerprint density at radius 1 is 1.00 bits per heavy atom. The van der Waals surface area contributed by atoms with E-state index in [1.807, 2.05) is 0 Å². The van der Waals surface area contributed by atoms with Crippen LogP contribution in [0.4, 0.5) is 17.6 Å². The number of alkyl halides is 3. The van der Waals surface area contributed by atoms with E-state index in [0.29, 0.717) is 6.20 Å². The maximum Gasteiger partial charge on any atom is 0.420 e. The van der Waals surface area contributed by atoms with E-state index in [2.05, 4.69) is 5.10 Å². The van der Waals surface area contributed by atoms with Gasteiger partial charge in [0.1, 0.15) is 16.3 Å². The molecule has 26 heavy (non-hydrogen) atoms. The van der Waals surface area contributed by atoms with Gasteiger partial charge in [-0.15, -0.1) is 0 Å². The normalized spacial score (nSPS) is 12.3. The maximum absolute atomic E-state index is 13.4. The van der Waals surface area contributed by atoms with Crippen LogP contribution in [0.15, 0.2) is 59.6 Å². The van der Waals surface area contributed by atoms with E-state index >= 15 is 0 Å². The highest BCUT2D eigenvalue weighted by Crippen LogP contribution is 2.38. The summed E-state index contributed by atoms with van der Waals surface area (Å²) in [6.45, 7) is 0. The standard InChI is InChI=1S/C16H11F4N3O2S/c17-11-7-5-10(6-8-11)15-12(16(18,19)20)9-22-23(15)13-3-1-2-4-14(13)26(21,24)25/h1-9H,(H2,21,24,25). The topological polar surface area (TPSA) is 78.0 Å². The number of benzene rings is 2. The van der Waals surface area contributed by atoms with Crippen LogP contribution in [-0.4, -0.2) is 18.2 Å². The number of primary sulfonamides is 1. The van der Waals surface area contributed by atoms with Gasteiger partial charge in [0.2, 0.25) is 10.0 Å². The fourth-order valence-electron chi connectivity index (χ4n) is 2.50. The number of aromatic nitrogens is 2. The number of rotatable bonds is 3. The van der Waals surface area contributed by atoms with Crippen molar-refractivity contribution in [2.75, 3.05) is 0 Å². The van der Waals surface area contributed by atoms with Crippen molar-refractivity contribution >= 4 is 10.0 Å². The van der Waals surface area contributed by atoms with Crippen molar-refractivity contribution in [2.24, 2.45) is 5.14 Å². The Balaban J connectivity index is 2.35. The van der Waals surface area contributed by atoms with E-state index in [1.54, 1.807) is 0 Å². The predicted molar refractivity (Wildman–Crippen MR) is 85.3 cm³/mol. The van der Waals surface area contributed by atoms with Crippen LogP contribution in [-0.2, 0) is 16.2 Å². The number of hydrogen-bond acceptors (Lipinski definition) is 3. The zero-order valence-electron chi connectivity index (χ0n) is 12.9. The summed E-state index contributed by atoms with van der Waals surface area (Å²) < 4.78 is 77.8. The van der Waals surface area contributed by atoms with Crippen LogP contribution in [0.3, 0.4) is 0 Å².